The molecule has 2 rings (SSSR count). The average Bonchev–Trinajstić information content (AvgIpc) is 3.06. The number of halogens is 2. The zero-order valence-corrected chi connectivity index (χ0v) is 18.3. The smallest absolute Gasteiger partial charge is 0.191 e. The van der Waals surface area contributed by atoms with E-state index in [-0.39, 0.29) is 24.0 Å². The van der Waals surface area contributed by atoms with E-state index in [1.807, 2.05) is 30.5 Å². The van der Waals surface area contributed by atoms with Crippen LogP contribution in [0.1, 0.15) is 16.8 Å². The second kappa shape index (κ2) is 12.3. The van der Waals surface area contributed by atoms with Gasteiger partial charge in [-0.3, -0.25) is 4.99 Å². The summed E-state index contributed by atoms with van der Waals surface area (Å²) in [5.74, 6) is 1.45. The van der Waals surface area contributed by atoms with Gasteiger partial charge in [0.25, 0.3) is 0 Å². The van der Waals surface area contributed by atoms with Crippen molar-refractivity contribution in [3.05, 3.63) is 45.4 Å². The van der Waals surface area contributed by atoms with Crippen LogP contribution >= 0.6 is 46.9 Å². The molecule has 8 heteroatoms. The molecule has 25 heavy (non-hydrogen) atoms. The molecule has 0 saturated heterocycles. The highest BCUT2D eigenvalue weighted by molar-refractivity contribution is 14.0. The number of benzene rings is 1. The van der Waals surface area contributed by atoms with Crippen molar-refractivity contribution in [1.82, 2.24) is 15.6 Å². The fourth-order valence-electron chi connectivity index (χ4n) is 2.03. The first-order valence-corrected chi connectivity index (χ1v) is 9.17. The third-order valence-corrected chi connectivity index (χ3v) is 4.81. The Labute approximate surface area is 175 Å². The van der Waals surface area contributed by atoms with Gasteiger partial charge in [0.15, 0.2) is 5.96 Å². The van der Waals surface area contributed by atoms with Gasteiger partial charge in [-0.25, -0.2) is 4.98 Å². The molecule has 0 bridgehead atoms. The molecule has 0 fully saturated rings. The number of thiazole rings is 1. The first kappa shape index (κ1) is 22.0. The van der Waals surface area contributed by atoms with Crippen molar-refractivity contribution < 1.29 is 4.74 Å². The molecule has 0 aliphatic rings. The highest BCUT2D eigenvalue weighted by atomic mass is 127. The molecule has 0 radical (unpaired) electrons. The summed E-state index contributed by atoms with van der Waals surface area (Å²) >= 11 is 7.81. The summed E-state index contributed by atoms with van der Waals surface area (Å²) < 4.78 is 5.64. The van der Waals surface area contributed by atoms with Crippen LogP contribution in [0.3, 0.4) is 0 Å². The normalized spacial score (nSPS) is 10.9. The van der Waals surface area contributed by atoms with Gasteiger partial charge < -0.3 is 15.4 Å². The quantitative estimate of drug-likeness (QED) is 0.254. The number of aliphatic imine (C=N–C) groups is 1. The molecule has 0 unspecified atom stereocenters. The molecule has 2 N–H and O–H groups in total. The zero-order valence-electron chi connectivity index (χ0n) is 14.4. The van der Waals surface area contributed by atoms with E-state index in [9.17, 15) is 0 Å². The molecule has 5 nitrogen and oxygen atoms in total. The summed E-state index contributed by atoms with van der Waals surface area (Å²) in [7, 11) is 1.75. The minimum Gasteiger partial charge on any atom is -0.490 e. The minimum absolute atomic E-state index is 0. The Morgan fingerprint density at radius 1 is 1.28 bits per heavy atom. The van der Waals surface area contributed by atoms with E-state index < -0.39 is 0 Å². The molecule has 0 amide bonds. The highest BCUT2D eigenvalue weighted by Crippen LogP contribution is 2.22. The molecule has 2 aromatic rings. The van der Waals surface area contributed by atoms with Crippen LogP contribution in [0, 0.1) is 0 Å². The summed E-state index contributed by atoms with van der Waals surface area (Å²) in [4.78, 5) is 9.93. The van der Waals surface area contributed by atoms with Gasteiger partial charge in [-0.2, -0.15) is 0 Å². The topological polar surface area (TPSA) is 58.5 Å². The van der Waals surface area contributed by atoms with Crippen LogP contribution in [-0.2, 0) is 12.8 Å². The number of guanidine groups is 1. The van der Waals surface area contributed by atoms with E-state index in [1.54, 1.807) is 18.4 Å². The zero-order chi connectivity index (χ0) is 17.2. The van der Waals surface area contributed by atoms with Crippen LogP contribution in [0.15, 0.2) is 35.5 Å². The van der Waals surface area contributed by atoms with Gasteiger partial charge in [-0.1, -0.05) is 30.7 Å². The Hall–Kier alpha value is -1.06. The molecule has 0 atom stereocenters. The van der Waals surface area contributed by atoms with Crippen molar-refractivity contribution in [3.63, 3.8) is 0 Å². The molecule has 138 valence electrons. The number of ether oxygens (including phenoxy) is 1. The Balaban J connectivity index is 0.00000312. The number of aromatic nitrogens is 1. The molecular formula is C17H24ClIN4OS. The fraction of sp³-hybridized carbons (Fsp3) is 0.412. The SMILES string of the molecule is CCc1cnc(CCNC(=NC)NCCOc2ccccc2Cl)s1.I. The maximum absolute atomic E-state index is 6.05. The molecule has 0 saturated carbocycles. The lowest BCUT2D eigenvalue weighted by molar-refractivity contribution is 0.322. The van der Waals surface area contributed by atoms with Crippen LogP contribution in [-0.4, -0.2) is 37.7 Å². The summed E-state index contributed by atoms with van der Waals surface area (Å²) in [6.07, 6.45) is 3.89. The highest BCUT2D eigenvalue weighted by Gasteiger charge is 2.03. The number of rotatable bonds is 8. The Bertz CT molecular complexity index is 666. The van der Waals surface area contributed by atoms with Crippen molar-refractivity contribution in [3.8, 4) is 5.75 Å². The van der Waals surface area contributed by atoms with Crippen LogP contribution < -0.4 is 15.4 Å². The largest absolute Gasteiger partial charge is 0.490 e. The van der Waals surface area contributed by atoms with Gasteiger partial charge in [-0.15, -0.1) is 35.3 Å². The van der Waals surface area contributed by atoms with Crippen molar-refractivity contribution in [2.45, 2.75) is 19.8 Å². The molecule has 0 aliphatic carbocycles. The molecule has 1 aromatic carbocycles. The van der Waals surface area contributed by atoms with Gasteiger partial charge in [0.05, 0.1) is 16.6 Å². The molecule has 0 aliphatic heterocycles. The predicted molar refractivity (Wildman–Crippen MR) is 117 cm³/mol. The van der Waals surface area contributed by atoms with Crippen molar-refractivity contribution in [1.29, 1.82) is 0 Å². The summed E-state index contributed by atoms with van der Waals surface area (Å²) in [6.45, 7) is 4.09. The molecular weight excluding hydrogens is 471 g/mol. The predicted octanol–water partition coefficient (Wildman–Crippen LogP) is 3.76. The maximum Gasteiger partial charge on any atom is 0.191 e. The lowest BCUT2D eigenvalue weighted by atomic mass is 10.3. The number of hydrogen-bond donors (Lipinski definition) is 2. The third kappa shape index (κ3) is 7.79. The van der Waals surface area contributed by atoms with E-state index in [0.717, 1.165) is 30.4 Å². The Morgan fingerprint density at radius 3 is 2.72 bits per heavy atom. The maximum atomic E-state index is 6.05. The van der Waals surface area contributed by atoms with Crippen molar-refractivity contribution >= 4 is 52.9 Å². The molecule has 1 aromatic heterocycles. The van der Waals surface area contributed by atoms with Crippen LogP contribution in [0.25, 0.3) is 0 Å². The standard InChI is InChI=1S/C17H23ClN4OS.HI/c1-3-13-12-22-16(24-13)8-9-20-17(19-2)21-10-11-23-15-7-5-4-6-14(15)18;/h4-7,12H,3,8-11H2,1-2H3,(H2,19,20,21);1H. The number of hydrogen-bond acceptors (Lipinski definition) is 4. The van der Waals surface area contributed by atoms with E-state index in [4.69, 9.17) is 16.3 Å². The lowest BCUT2D eigenvalue weighted by Crippen LogP contribution is -2.40. The van der Waals surface area contributed by atoms with Gasteiger partial charge in [0.2, 0.25) is 0 Å². The first-order valence-electron chi connectivity index (χ1n) is 7.98. The molecule has 0 spiro atoms. The number of aryl methyl sites for hydroxylation is 1. The van der Waals surface area contributed by atoms with Crippen molar-refractivity contribution in [2.75, 3.05) is 26.7 Å². The second-order valence-corrected chi connectivity index (χ2v) is 6.64. The third-order valence-electron chi connectivity index (χ3n) is 3.29. The van der Waals surface area contributed by atoms with Gasteiger partial charge in [0.1, 0.15) is 12.4 Å². The number of nitrogens with one attached hydrogen (secondary N) is 2. The first-order chi connectivity index (χ1) is 11.7. The van der Waals surface area contributed by atoms with Crippen LogP contribution in [0.5, 0.6) is 5.75 Å². The van der Waals surface area contributed by atoms with Gasteiger partial charge in [-0.05, 0) is 18.6 Å². The van der Waals surface area contributed by atoms with Crippen LogP contribution in [0.2, 0.25) is 5.02 Å². The summed E-state index contributed by atoms with van der Waals surface area (Å²) in [5.41, 5.74) is 0. The fourth-order valence-corrected chi connectivity index (χ4v) is 3.08. The van der Waals surface area contributed by atoms with Crippen molar-refractivity contribution in [2.24, 2.45) is 4.99 Å². The number of nitrogens with zero attached hydrogens (tertiary/aromatic N) is 2. The minimum atomic E-state index is 0. The average molecular weight is 495 g/mol. The number of para-hydroxylation sites is 1. The van der Waals surface area contributed by atoms with E-state index in [0.29, 0.717) is 23.9 Å². The Kier molecular flexibility index (Phi) is 10.8. The lowest BCUT2D eigenvalue weighted by Gasteiger charge is -2.12. The Morgan fingerprint density at radius 2 is 2.04 bits per heavy atom. The van der Waals surface area contributed by atoms with E-state index in [2.05, 4.69) is 27.5 Å². The van der Waals surface area contributed by atoms with E-state index >= 15 is 0 Å². The van der Waals surface area contributed by atoms with Crippen LogP contribution in [0.4, 0.5) is 0 Å². The summed E-state index contributed by atoms with van der Waals surface area (Å²) in [6, 6.07) is 7.45. The second-order valence-electron chi connectivity index (χ2n) is 5.03. The monoisotopic (exact) mass is 494 g/mol. The van der Waals surface area contributed by atoms with Gasteiger partial charge >= 0.3 is 0 Å². The van der Waals surface area contributed by atoms with E-state index in [1.165, 1.54) is 4.88 Å². The molecule has 1 heterocycles. The summed E-state index contributed by atoms with van der Waals surface area (Å²) in [5, 5.41) is 8.26. The van der Waals surface area contributed by atoms with Gasteiger partial charge in [0, 0.05) is 31.1 Å².